The molecule has 4 fully saturated rings. The molecule has 2 aliphatic carbocycles. The summed E-state index contributed by atoms with van der Waals surface area (Å²) in [6, 6.07) is 29.0. The van der Waals surface area contributed by atoms with Crippen LogP contribution in [0.15, 0.2) is 84.9 Å². The fraction of sp³-hybridized carbons (Fsp3) is 0.453. The topological polar surface area (TPSA) is 171 Å². The highest BCUT2D eigenvalue weighted by Crippen LogP contribution is 2.56. The Hall–Kier alpha value is -6.45. The Labute approximate surface area is 398 Å². The molecule has 0 radical (unpaired) electrons. The van der Waals surface area contributed by atoms with Gasteiger partial charge in [-0.3, -0.25) is 14.6 Å². The van der Waals surface area contributed by atoms with Gasteiger partial charge in [-0.05, 0) is 74.6 Å². The number of fused-ring (bicyclic) bond motifs is 2. The van der Waals surface area contributed by atoms with Crippen LogP contribution in [0.2, 0.25) is 0 Å². The van der Waals surface area contributed by atoms with Gasteiger partial charge in [-0.25, -0.2) is 9.97 Å². The summed E-state index contributed by atoms with van der Waals surface area (Å²) in [6.45, 7) is 4.76. The minimum Gasteiger partial charge on any atom is -0.493 e. The summed E-state index contributed by atoms with van der Waals surface area (Å²) in [5.74, 6) is 4.67. The second-order valence-corrected chi connectivity index (χ2v) is 19.6. The summed E-state index contributed by atoms with van der Waals surface area (Å²) in [5.41, 5.74) is 15.9. The molecule has 15 nitrogen and oxygen atoms in total. The lowest BCUT2D eigenvalue weighted by Gasteiger charge is -2.49. The van der Waals surface area contributed by atoms with Crippen LogP contribution in [-0.2, 0) is 15.6 Å². The molecular formula is C53H64N10O5. The lowest BCUT2D eigenvalue weighted by molar-refractivity contribution is -0.134. The van der Waals surface area contributed by atoms with Gasteiger partial charge in [0, 0.05) is 87.1 Å². The third-order valence-corrected chi connectivity index (χ3v) is 15.9. The molecule has 2 saturated heterocycles. The molecule has 4 heterocycles. The number of anilines is 4. The van der Waals surface area contributed by atoms with Crippen molar-refractivity contribution in [2.24, 2.45) is 0 Å². The van der Waals surface area contributed by atoms with Gasteiger partial charge < -0.3 is 40.2 Å². The Morgan fingerprint density at radius 2 is 0.868 bits per heavy atom. The number of hydrogen-bond donors (Lipinski definition) is 2. The summed E-state index contributed by atoms with van der Waals surface area (Å²) in [5, 5.41) is 1.43. The van der Waals surface area contributed by atoms with Crippen molar-refractivity contribution in [1.29, 1.82) is 0 Å². The second kappa shape index (κ2) is 17.6. The first kappa shape index (κ1) is 45.3. The van der Waals surface area contributed by atoms with E-state index in [4.69, 9.17) is 50.4 Å². The first-order chi connectivity index (χ1) is 32.9. The molecule has 2 aromatic heterocycles. The van der Waals surface area contributed by atoms with E-state index >= 15 is 4.79 Å². The fourth-order valence-electron chi connectivity index (χ4n) is 11.8. The van der Waals surface area contributed by atoms with Crippen LogP contribution in [0.5, 0.6) is 23.0 Å². The molecule has 2 saturated carbocycles. The van der Waals surface area contributed by atoms with E-state index in [9.17, 15) is 0 Å². The van der Waals surface area contributed by atoms with Crippen molar-refractivity contribution in [3.8, 4) is 23.0 Å². The monoisotopic (exact) mass is 921 g/mol. The first-order valence-corrected chi connectivity index (χ1v) is 23.9. The van der Waals surface area contributed by atoms with E-state index in [1.165, 1.54) is 11.1 Å². The zero-order valence-corrected chi connectivity index (χ0v) is 40.3. The third-order valence-electron chi connectivity index (χ3n) is 15.9. The van der Waals surface area contributed by atoms with Gasteiger partial charge in [-0.2, -0.15) is 9.97 Å². The molecule has 2 aliphatic heterocycles. The number of ether oxygens (including phenoxy) is 4. The zero-order chi connectivity index (χ0) is 47.4. The van der Waals surface area contributed by atoms with Crippen LogP contribution in [0.1, 0.15) is 62.5 Å². The number of likely N-dealkylation sites (N-methyl/N-ethyl adjacent to an activating group) is 2. The molecule has 4 aliphatic rings. The van der Waals surface area contributed by atoms with E-state index in [2.05, 4.69) is 80.3 Å². The molecule has 0 bridgehead atoms. The number of carbonyl (C=O) groups is 1. The maximum atomic E-state index is 15.3. The van der Waals surface area contributed by atoms with Gasteiger partial charge in [0.25, 0.3) is 0 Å². The van der Waals surface area contributed by atoms with E-state index in [1.807, 2.05) is 38.4 Å². The van der Waals surface area contributed by atoms with E-state index < -0.39 is 11.1 Å². The highest BCUT2D eigenvalue weighted by atomic mass is 16.5. The predicted octanol–water partition coefficient (Wildman–Crippen LogP) is 7.05. The van der Waals surface area contributed by atoms with Crippen molar-refractivity contribution in [2.75, 3.05) is 103 Å². The molecular weight excluding hydrogens is 857 g/mol. The number of nitrogens with zero attached hydrogens (tertiary/aromatic N) is 8. The van der Waals surface area contributed by atoms with Crippen molar-refractivity contribution in [2.45, 2.75) is 73.3 Å². The van der Waals surface area contributed by atoms with Gasteiger partial charge in [0.2, 0.25) is 11.9 Å². The van der Waals surface area contributed by atoms with E-state index in [0.29, 0.717) is 87.2 Å². The Morgan fingerprint density at radius 3 is 1.19 bits per heavy atom. The van der Waals surface area contributed by atoms with Gasteiger partial charge in [-0.1, -0.05) is 60.7 Å². The maximum absolute atomic E-state index is 15.3. The van der Waals surface area contributed by atoms with Gasteiger partial charge in [0.15, 0.2) is 28.8 Å². The van der Waals surface area contributed by atoms with Crippen molar-refractivity contribution in [3.63, 3.8) is 0 Å². The number of nitrogen functional groups attached to an aromatic ring is 2. The van der Waals surface area contributed by atoms with Crippen molar-refractivity contribution in [1.82, 2.24) is 29.7 Å². The Bertz CT molecular complexity index is 2630. The molecule has 4 N–H and O–H groups in total. The Balaban J connectivity index is 0.849. The SMILES string of the molecule is COc1cc2nc(N(C)CC3(c4ccccc4)CCN(C4(C(=O)C5(N6CCC(CN(C)c7nc(N)c8cc(OC)c(OC)cc8n7)(c7ccccc7)CC6)CC5)CC4)CC3)nc(N)c2cc1OC. The zero-order valence-electron chi connectivity index (χ0n) is 40.3. The third kappa shape index (κ3) is 7.82. The number of methoxy groups -OCH3 is 4. The Kier molecular flexibility index (Phi) is 11.7. The van der Waals surface area contributed by atoms with E-state index in [1.54, 1.807) is 28.4 Å². The molecule has 68 heavy (non-hydrogen) atoms. The van der Waals surface area contributed by atoms with Crippen molar-refractivity contribution < 1.29 is 23.7 Å². The fourth-order valence-corrected chi connectivity index (χ4v) is 11.8. The van der Waals surface area contributed by atoms with Crippen LogP contribution in [0.4, 0.5) is 23.5 Å². The number of rotatable bonds is 16. The van der Waals surface area contributed by atoms with E-state index in [-0.39, 0.29) is 10.8 Å². The van der Waals surface area contributed by atoms with Crippen molar-refractivity contribution >= 4 is 51.1 Å². The summed E-state index contributed by atoms with van der Waals surface area (Å²) < 4.78 is 22.2. The summed E-state index contributed by atoms with van der Waals surface area (Å²) in [7, 11) is 10.5. The summed E-state index contributed by atoms with van der Waals surface area (Å²) in [4.78, 5) is 44.1. The number of carbonyl (C=O) groups excluding carboxylic acids is 1. The lowest BCUT2D eigenvalue weighted by atomic mass is 9.71. The number of piperidine rings is 2. The Morgan fingerprint density at radius 1 is 0.529 bits per heavy atom. The minimum absolute atomic E-state index is 0.182. The lowest BCUT2D eigenvalue weighted by Crippen LogP contribution is -2.60. The molecule has 0 spiro atoms. The average molecular weight is 921 g/mol. The van der Waals surface area contributed by atoms with Crippen molar-refractivity contribution in [3.05, 3.63) is 96.1 Å². The second-order valence-electron chi connectivity index (χ2n) is 19.6. The molecule has 0 atom stereocenters. The van der Waals surface area contributed by atoms with Gasteiger partial charge >= 0.3 is 0 Å². The maximum Gasteiger partial charge on any atom is 0.227 e. The number of ketones is 1. The number of benzene rings is 4. The molecule has 356 valence electrons. The number of likely N-dealkylation sites (tertiary alicyclic amines) is 2. The van der Waals surface area contributed by atoms with Gasteiger partial charge in [0.05, 0.1) is 50.6 Å². The molecule has 6 aromatic rings. The molecule has 15 heteroatoms. The predicted molar refractivity (Wildman–Crippen MR) is 267 cm³/mol. The molecule has 0 amide bonds. The first-order valence-electron chi connectivity index (χ1n) is 23.9. The summed E-state index contributed by atoms with van der Waals surface area (Å²) in [6.07, 6.45) is 7.31. The average Bonchev–Trinajstić information content (AvgIpc) is 4.33. The molecule has 0 unspecified atom stereocenters. The van der Waals surface area contributed by atoms with Crippen LogP contribution in [-0.4, -0.2) is 128 Å². The standard InChI is InChI=1S/C53H64N10O5/c1-60(48-56-39-31-43(67-5)41(65-3)29-37(39)45(54)58-48)33-50(35-13-9-7-10-14-35)21-25-62(26-22-50)52(17-18-52)47(64)53(19-20-53)63-27-23-51(24-28-63,36-15-11-8-12-16-36)34-61(2)49-57-40-32-44(68-6)42(66-4)30-38(40)46(55)59-49/h7-16,29-32H,17-28,33-34H2,1-6H3,(H2,54,56,58)(H2,55,57,59). The van der Waals surface area contributed by atoms with Crippen LogP contribution < -0.4 is 40.2 Å². The van der Waals surface area contributed by atoms with Gasteiger partial charge in [-0.15, -0.1) is 0 Å². The van der Waals surface area contributed by atoms with E-state index in [0.717, 1.165) is 77.5 Å². The number of hydrogen-bond acceptors (Lipinski definition) is 15. The minimum atomic E-state index is -0.407. The van der Waals surface area contributed by atoms with Crippen LogP contribution in [0.3, 0.4) is 0 Å². The van der Waals surface area contributed by atoms with Crippen LogP contribution in [0, 0.1) is 0 Å². The quantitative estimate of drug-likeness (QED) is 0.101. The van der Waals surface area contributed by atoms with Crippen LogP contribution in [0.25, 0.3) is 21.8 Å². The molecule has 4 aromatic carbocycles. The smallest absolute Gasteiger partial charge is 0.227 e. The summed E-state index contributed by atoms with van der Waals surface area (Å²) >= 11 is 0. The number of aromatic nitrogens is 4. The number of Topliss-reactive ketones (excluding diaryl/α,β-unsaturated/α-hetero) is 1. The van der Waals surface area contributed by atoms with Crippen LogP contribution >= 0.6 is 0 Å². The van der Waals surface area contributed by atoms with Gasteiger partial charge in [0.1, 0.15) is 11.6 Å². The normalized spacial score (nSPS) is 19.3. The number of nitrogens with two attached hydrogens (primary N) is 2. The largest absolute Gasteiger partial charge is 0.493 e. The highest BCUT2D eigenvalue weighted by Gasteiger charge is 2.67. The highest BCUT2D eigenvalue weighted by molar-refractivity contribution is 6.01. The molecule has 10 rings (SSSR count).